The van der Waals surface area contributed by atoms with Crippen LogP contribution in [0.5, 0.6) is 5.75 Å². The number of hydrogen-bond donors (Lipinski definition) is 4. The van der Waals surface area contributed by atoms with Gasteiger partial charge >= 0.3 is 0 Å². The third-order valence-corrected chi connectivity index (χ3v) is 4.43. The fourth-order valence-corrected chi connectivity index (χ4v) is 3.16. The molecule has 0 unspecified atom stereocenters. The molecule has 0 atom stereocenters. The molecule has 108 valence electrons. The lowest BCUT2D eigenvalue weighted by atomic mass is 10.1. The van der Waals surface area contributed by atoms with E-state index in [0.717, 1.165) is 18.2 Å². The highest BCUT2D eigenvalue weighted by molar-refractivity contribution is 7.86. The summed E-state index contributed by atoms with van der Waals surface area (Å²) >= 11 is 0. The average molecular weight is 319 g/mol. The van der Waals surface area contributed by atoms with Gasteiger partial charge in [-0.15, -0.1) is 0 Å². The standard InChI is InChI=1S/C10H9NO7S2/c11-8-2-1-6-7(10(8)20(16,17)18)3-5(4-9(6)12)19(13,14)15/h1-4,12H,11H2,(H,13,14,15)(H,16,17,18). The van der Waals surface area contributed by atoms with Crippen LogP contribution in [-0.2, 0) is 20.2 Å². The van der Waals surface area contributed by atoms with Crippen LogP contribution in [0.2, 0.25) is 0 Å². The number of benzene rings is 2. The van der Waals surface area contributed by atoms with Crippen molar-refractivity contribution in [3.05, 3.63) is 24.3 Å². The average Bonchev–Trinajstić information content (AvgIpc) is 2.24. The SMILES string of the molecule is Nc1ccc2c(O)cc(S(=O)(=O)O)cc2c1S(=O)(=O)O. The van der Waals surface area contributed by atoms with E-state index in [1.54, 1.807) is 0 Å². The van der Waals surface area contributed by atoms with E-state index in [1.165, 1.54) is 6.07 Å². The molecule has 0 aliphatic heterocycles. The van der Waals surface area contributed by atoms with E-state index in [2.05, 4.69) is 0 Å². The summed E-state index contributed by atoms with van der Waals surface area (Å²) in [6.07, 6.45) is 0. The van der Waals surface area contributed by atoms with Gasteiger partial charge in [0.1, 0.15) is 10.6 Å². The van der Waals surface area contributed by atoms with E-state index in [-0.39, 0.29) is 16.5 Å². The van der Waals surface area contributed by atoms with Gasteiger partial charge in [0.15, 0.2) is 0 Å². The van der Waals surface area contributed by atoms with Gasteiger partial charge in [-0.05, 0) is 18.2 Å². The van der Waals surface area contributed by atoms with Crippen LogP contribution in [0.4, 0.5) is 5.69 Å². The second-order valence-corrected chi connectivity index (χ2v) is 6.75. The molecule has 2 rings (SSSR count). The topological polar surface area (TPSA) is 155 Å². The maximum absolute atomic E-state index is 11.3. The molecule has 10 heteroatoms. The lowest BCUT2D eigenvalue weighted by Gasteiger charge is -2.10. The molecule has 0 heterocycles. The summed E-state index contributed by atoms with van der Waals surface area (Å²) < 4.78 is 62.9. The monoisotopic (exact) mass is 319 g/mol. The van der Waals surface area contributed by atoms with Crippen LogP contribution >= 0.6 is 0 Å². The second-order valence-electron chi connectivity index (χ2n) is 3.97. The van der Waals surface area contributed by atoms with E-state index in [0.29, 0.717) is 0 Å². The van der Waals surface area contributed by atoms with Crippen molar-refractivity contribution in [2.75, 3.05) is 5.73 Å². The van der Waals surface area contributed by atoms with Gasteiger partial charge in [-0.3, -0.25) is 9.11 Å². The van der Waals surface area contributed by atoms with Crippen molar-refractivity contribution < 1.29 is 31.0 Å². The van der Waals surface area contributed by atoms with Crippen LogP contribution in [0.1, 0.15) is 0 Å². The molecular weight excluding hydrogens is 310 g/mol. The number of phenolic OH excluding ortho intramolecular Hbond substituents is 1. The Labute approximate surface area is 114 Å². The fourth-order valence-electron chi connectivity index (χ4n) is 1.82. The molecule has 0 aliphatic rings. The molecule has 0 bridgehead atoms. The molecule has 0 spiro atoms. The molecule has 8 nitrogen and oxygen atoms in total. The smallest absolute Gasteiger partial charge is 0.297 e. The zero-order chi connectivity index (χ0) is 15.3. The highest BCUT2D eigenvalue weighted by Crippen LogP contribution is 2.35. The molecular formula is C10H9NO7S2. The Morgan fingerprint density at radius 3 is 2.00 bits per heavy atom. The third kappa shape index (κ3) is 2.41. The van der Waals surface area contributed by atoms with E-state index >= 15 is 0 Å². The summed E-state index contributed by atoms with van der Waals surface area (Å²) in [5.74, 6) is -0.583. The predicted octanol–water partition coefficient (Wildman–Crippen LogP) is 0.621. The zero-order valence-corrected chi connectivity index (χ0v) is 11.3. The van der Waals surface area contributed by atoms with Crippen LogP contribution in [0.3, 0.4) is 0 Å². The number of phenols is 1. The minimum Gasteiger partial charge on any atom is -0.507 e. The van der Waals surface area contributed by atoms with Crippen LogP contribution in [-0.4, -0.2) is 31.0 Å². The number of fused-ring (bicyclic) bond motifs is 1. The summed E-state index contributed by atoms with van der Waals surface area (Å²) in [5.41, 5.74) is 5.12. The van der Waals surface area contributed by atoms with E-state index in [4.69, 9.17) is 14.8 Å². The third-order valence-electron chi connectivity index (χ3n) is 2.62. The first-order chi connectivity index (χ1) is 9.01. The minimum absolute atomic E-state index is 0.0424. The molecule has 0 aliphatic carbocycles. The van der Waals surface area contributed by atoms with Crippen molar-refractivity contribution in [2.45, 2.75) is 9.79 Å². The normalized spacial score (nSPS) is 12.7. The molecule has 0 saturated heterocycles. The Hall–Kier alpha value is -1.88. The molecule has 0 aromatic heterocycles. The van der Waals surface area contributed by atoms with Crippen LogP contribution < -0.4 is 5.73 Å². The number of nitrogens with two attached hydrogens (primary N) is 1. The van der Waals surface area contributed by atoms with Crippen molar-refractivity contribution in [2.24, 2.45) is 0 Å². The van der Waals surface area contributed by atoms with Gasteiger partial charge in [-0.25, -0.2) is 0 Å². The first-order valence-corrected chi connectivity index (χ1v) is 7.90. The van der Waals surface area contributed by atoms with Crippen LogP contribution in [0.15, 0.2) is 34.1 Å². The highest BCUT2D eigenvalue weighted by Gasteiger charge is 2.22. The summed E-state index contributed by atoms with van der Waals surface area (Å²) in [4.78, 5) is -1.46. The van der Waals surface area contributed by atoms with Gasteiger partial charge in [0.2, 0.25) is 0 Å². The Kier molecular flexibility index (Phi) is 3.13. The lowest BCUT2D eigenvalue weighted by molar-refractivity contribution is 0.470. The second kappa shape index (κ2) is 4.31. The number of hydrogen-bond acceptors (Lipinski definition) is 6. The number of nitrogen functional groups attached to an aromatic ring is 1. The minimum atomic E-state index is -4.75. The molecule has 0 amide bonds. The molecule has 2 aromatic carbocycles. The first-order valence-electron chi connectivity index (χ1n) is 5.02. The fraction of sp³-hybridized carbons (Fsp3) is 0. The van der Waals surface area contributed by atoms with Crippen molar-refractivity contribution in [1.82, 2.24) is 0 Å². The van der Waals surface area contributed by atoms with E-state index in [9.17, 15) is 21.9 Å². The quantitative estimate of drug-likeness (QED) is 0.463. The van der Waals surface area contributed by atoms with Crippen LogP contribution in [0.25, 0.3) is 10.8 Å². The van der Waals surface area contributed by atoms with Gasteiger partial charge in [-0.1, -0.05) is 0 Å². The van der Waals surface area contributed by atoms with Gasteiger partial charge in [0.25, 0.3) is 20.2 Å². The van der Waals surface area contributed by atoms with Crippen molar-refractivity contribution in [3.63, 3.8) is 0 Å². The highest BCUT2D eigenvalue weighted by atomic mass is 32.2. The predicted molar refractivity (Wildman–Crippen MR) is 69.7 cm³/mol. The molecule has 2 aromatic rings. The maximum Gasteiger partial charge on any atom is 0.297 e. The van der Waals surface area contributed by atoms with Crippen molar-refractivity contribution >= 4 is 36.7 Å². The number of anilines is 1. The largest absolute Gasteiger partial charge is 0.507 e. The molecule has 5 N–H and O–H groups in total. The van der Waals surface area contributed by atoms with E-state index in [1.807, 2.05) is 0 Å². The number of aromatic hydroxyl groups is 1. The van der Waals surface area contributed by atoms with Crippen LogP contribution in [0, 0.1) is 0 Å². The number of rotatable bonds is 2. The van der Waals surface area contributed by atoms with Crippen molar-refractivity contribution in [1.29, 1.82) is 0 Å². The van der Waals surface area contributed by atoms with Gasteiger partial charge < -0.3 is 10.8 Å². The zero-order valence-electron chi connectivity index (χ0n) is 9.68. The lowest BCUT2D eigenvalue weighted by Crippen LogP contribution is -2.05. The van der Waals surface area contributed by atoms with Gasteiger partial charge in [0, 0.05) is 16.8 Å². The molecule has 0 saturated carbocycles. The summed E-state index contributed by atoms with van der Waals surface area (Å²) in [5, 5.41) is 9.34. The Bertz CT molecular complexity index is 916. The molecule has 20 heavy (non-hydrogen) atoms. The summed E-state index contributed by atoms with van der Waals surface area (Å²) in [7, 11) is -9.42. The maximum atomic E-state index is 11.3. The Morgan fingerprint density at radius 1 is 0.900 bits per heavy atom. The Morgan fingerprint density at radius 2 is 1.50 bits per heavy atom. The molecule has 0 radical (unpaired) electrons. The summed E-state index contributed by atoms with van der Waals surface area (Å²) in [6.45, 7) is 0. The molecule has 0 fully saturated rings. The first kappa shape index (κ1) is 14.5. The van der Waals surface area contributed by atoms with Gasteiger partial charge in [-0.2, -0.15) is 16.8 Å². The van der Waals surface area contributed by atoms with Gasteiger partial charge in [0.05, 0.1) is 10.6 Å². The van der Waals surface area contributed by atoms with Crippen molar-refractivity contribution in [3.8, 4) is 5.75 Å². The summed E-state index contributed by atoms with van der Waals surface area (Å²) in [6, 6.07) is 3.94. The Balaban J connectivity index is 3.08. The van der Waals surface area contributed by atoms with E-state index < -0.39 is 35.8 Å².